The second kappa shape index (κ2) is 4.38. The van der Waals surface area contributed by atoms with Crippen LogP contribution >= 0.6 is 47.8 Å². The van der Waals surface area contributed by atoms with Gasteiger partial charge in [-0.2, -0.15) is 0 Å². The predicted octanol–water partition coefficient (Wildman–Crippen LogP) is 4.54. The maximum atomic E-state index is 5.53. The summed E-state index contributed by atoms with van der Waals surface area (Å²) in [5, 5.41) is 0. The van der Waals surface area contributed by atoms with E-state index in [9.17, 15) is 0 Å². The van der Waals surface area contributed by atoms with Crippen molar-refractivity contribution in [2.75, 3.05) is 14.2 Å². The molecule has 98 valence electrons. The van der Waals surface area contributed by atoms with Crippen molar-refractivity contribution in [2.24, 2.45) is 0 Å². The first kappa shape index (κ1) is 13.3. The average Bonchev–Trinajstić information content (AvgIpc) is 2.86. The molecule has 18 heavy (non-hydrogen) atoms. The van der Waals surface area contributed by atoms with Crippen molar-refractivity contribution in [3.05, 3.63) is 23.3 Å². The zero-order valence-electron chi connectivity index (χ0n) is 10.0. The lowest BCUT2D eigenvalue weighted by Crippen LogP contribution is -2.31. The van der Waals surface area contributed by atoms with Gasteiger partial charge in [-0.25, -0.2) is 0 Å². The predicted molar refractivity (Wildman–Crippen MR) is 82.9 cm³/mol. The Labute approximate surface area is 132 Å². The van der Waals surface area contributed by atoms with Gasteiger partial charge in [-0.05, 0) is 18.6 Å². The second-order valence-corrected chi connectivity index (χ2v) is 9.44. The van der Waals surface area contributed by atoms with Gasteiger partial charge in [-0.15, -0.1) is 0 Å². The normalized spacial score (nSPS) is 31.3. The summed E-state index contributed by atoms with van der Waals surface area (Å²) in [6, 6.07) is 4.00. The Hall–Kier alpha value is 0.260. The number of fused-ring (bicyclic) bond motifs is 5. The highest BCUT2D eigenvalue weighted by Crippen LogP contribution is 2.69. The molecule has 1 unspecified atom stereocenters. The van der Waals surface area contributed by atoms with Crippen molar-refractivity contribution >= 4 is 47.8 Å². The maximum Gasteiger partial charge on any atom is 0.122 e. The van der Waals surface area contributed by atoms with Gasteiger partial charge in [0, 0.05) is 27.8 Å². The van der Waals surface area contributed by atoms with Crippen LogP contribution in [0.3, 0.4) is 0 Å². The van der Waals surface area contributed by atoms with Crippen LogP contribution in [0.2, 0.25) is 0 Å². The molecule has 0 N–H and O–H groups in total. The Kier molecular flexibility index (Phi) is 3.23. The summed E-state index contributed by atoms with van der Waals surface area (Å²) < 4.78 is 10.9. The van der Waals surface area contributed by atoms with Crippen molar-refractivity contribution in [1.82, 2.24) is 0 Å². The quantitative estimate of drug-likeness (QED) is 0.629. The van der Waals surface area contributed by atoms with Gasteiger partial charge in [-0.3, -0.25) is 0 Å². The van der Waals surface area contributed by atoms with E-state index in [1.54, 1.807) is 14.2 Å². The van der Waals surface area contributed by atoms with Crippen LogP contribution in [-0.4, -0.2) is 22.3 Å². The van der Waals surface area contributed by atoms with Crippen LogP contribution in [0.4, 0.5) is 0 Å². The number of hydrogen-bond acceptors (Lipinski definition) is 2. The highest BCUT2D eigenvalue weighted by Gasteiger charge is 2.59. The average molecular weight is 441 g/mol. The fraction of sp³-hybridized carbons (Fsp3) is 0.538. The van der Waals surface area contributed by atoms with Crippen molar-refractivity contribution in [1.29, 1.82) is 0 Å². The standard InChI is InChI=1S/C13H13Br3O2/c1-17-8-3-4-9(18-2)11-7-5-6(10(8)11)12(14)13(7,15)16/h3-4,6-7,12H,5H2,1-2H3/t6-,7+,12?/m0/s1. The summed E-state index contributed by atoms with van der Waals surface area (Å²) in [6.45, 7) is 0. The van der Waals surface area contributed by atoms with Crippen molar-refractivity contribution < 1.29 is 9.47 Å². The second-order valence-electron chi connectivity index (χ2n) is 4.77. The van der Waals surface area contributed by atoms with Crippen LogP contribution in [0.5, 0.6) is 11.5 Å². The van der Waals surface area contributed by atoms with Crippen LogP contribution in [0.1, 0.15) is 29.4 Å². The van der Waals surface area contributed by atoms with Crippen LogP contribution < -0.4 is 9.47 Å². The van der Waals surface area contributed by atoms with Gasteiger partial charge in [0.05, 0.1) is 14.2 Å². The summed E-state index contributed by atoms with van der Waals surface area (Å²) in [7, 11) is 3.46. The molecule has 2 bridgehead atoms. The third kappa shape index (κ3) is 1.56. The molecule has 1 fully saturated rings. The number of benzene rings is 1. The van der Waals surface area contributed by atoms with E-state index in [1.165, 1.54) is 11.1 Å². The minimum absolute atomic E-state index is 0.0999. The monoisotopic (exact) mass is 438 g/mol. The number of ether oxygens (including phenoxy) is 2. The minimum atomic E-state index is -0.0999. The van der Waals surface area contributed by atoms with Gasteiger partial charge in [0.2, 0.25) is 0 Å². The van der Waals surface area contributed by atoms with Gasteiger partial charge in [0.15, 0.2) is 0 Å². The Morgan fingerprint density at radius 1 is 1.11 bits per heavy atom. The summed E-state index contributed by atoms with van der Waals surface area (Å²) in [4.78, 5) is 0.350. The fourth-order valence-electron chi connectivity index (χ4n) is 3.26. The molecule has 0 spiro atoms. The summed E-state index contributed by atoms with van der Waals surface area (Å²) in [5.41, 5.74) is 2.59. The molecule has 0 amide bonds. The third-order valence-electron chi connectivity index (χ3n) is 4.04. The van der Waals surface area contributed by atoms with Crippen LogP contribution in [-0.2, 0) is 0 Å². The maximum absolute atomic E-state index is 5.53. The molecule has 0 heterocycles. The lowest BCUT2D eigenvalue weighted by Gasteiger charge is -2.34. The van der Waals surface area contributed by atoms with Crippen LogP contribution in [0.15, 0.2) is 12.1 Å². The first-order chi connectivity index (χ1) is 8.52. The van der Waals surface area contributed by atoms with Gasteiger partial charge >= 0.3 is 0 Å². The molecule has 2 aliphatic carbocycles. The molecule has 3 atom stereocenters. The number of halogens is 3. The molecule has 0 saturated heterocycles. The van der Waals surface area contributed by atoms with Gasteiger partial charge in [-0.1, -0.05) is 47.8 Å². The zero-order chi connectivity index (χ0) is 13.1. The molecule has 2 nitrogen and oxygen atoms in total. The molecule has 2 aliphatic rings. The van der Waals surface area contributed by atoms with Gasteiger partial charge in [0.25, 0.3) is 0 Å². The van der Waals surface area contributed by atoms with Crippen molar-refractivity contribution in [3.8, 4) is 11.5 Å². The van der Waals surface area contributed by atoms with E-state index in [0.29, 0.717) is 16.7 Å². The molecular formula is C13H13Br3O2. The number of hydrogen-bond donors (Lipinski definition) is 0. The van der Waals surface area contributed by atoms with E-state index in [1.807, 2.05) is 12.1 Å². The van der Waals surface area contributed by atoms with E-state index in [-0.39, 0.29) is 3.23 Å². The lowest BCUT2D eigenvalue weighted by molar-refractivity contribution is 0.391. The SMILES string of the molecule is COc1ccc(OC)c2c1[C@H]1C[C@@H]2C(Br)C1(Br)Br. The van der Waals surface area contributed by atoms with Crippen molar-refractivity contribution in [3.63, 3.8) is 0 Å². The fourth-order valence-corrected chi connectivity index (χ4v) is 5.53. The lowest BCUT2D eigenvalue weighted by atomic mass is 9.90. The van der Waals surface area contributed by atoms with Crippen LogP contribution in [0, 0.1) is 0 Å². The van der Waals surface area contributed by atoms with E-state index >= 15 is 0 Å². The summed E-state index contributed by atoms with van der Waals surface area (Å²) in [5.74, 6) is 2.78. The summed E-state index contributed by atoms with van der Waals surface area (Å²) >= 11 is 11.4. The largest absolute Gasteiger partial charge is 0.496 e. The van der Waals surface area contributed by atoms with Crippen LogP contribution in [0.25, 0.3) is 0 Å². The Morgan fingerprint density at radius 3 is 2.22 bits per heavy atom. The topological polar surface area (TPSA) is 18.5 Å². The highest BCUT2D eigenvalue weighted by molar-refractivity contribution is 9.26. The first-order valence-corrected chi connectivity index (χ1v) is 8.29. The molecule has 1 aromatic carbocycles. The first-order valence-electron chi connectivity index (χ1n) is 5.79. The molecule has 3 rings (SSSR count). The zero-order valence-corrected chi connectivity index (χ0v) is 14.8. The van der Waals surface area contributed by atoms with E-state index in [2.05, 4.69) is 47.8 Å². The Bertz CT molecular complexity index is 501. The number of rotatable bonds is 2. The Morgan fingerprint density at radius 2 is 1.67 bits per heavy atom. The molecule has 0 aliphatic heterocycles. The minimum Gasteiger partial charge on any atom is -0.496 e. The van der Waals surface area contributed by atoms with E-state index < -0.39 is 0 Å². The molecule has 5 heteroatoms. The van der Waals surface area contributed by atoms with E-state index in [4.69, 9.17) is 9.47 Å². The molecule has 1 saturated carbocycles. The molecular weight excluding hydrogens is 428 g/mol. The molecule has 0 radical (unpaired) electrons. The highest BCUT2D eigenvalue weighted by atomic mass is 79.9. The third-order valence-corrected chi connectivity index (χ3v) is 8.72. The van der Waals surface area contributed by atoms with Gasteiger partial charge < -0.3 is 9.47 Å². The summed E-state index contributed by atoms with van der Waals surface area (Å²) in [6.07, 6.45) is 1.11. The Balaban J connectivity index is 2.24. The smallest absolute Gasteiger partial charge is 0.122 e. The van der Waals surface area contributed by atoms with E-state index in [0.717, 1.165) is 17.9 Å². The van der Waals surface area contributed by atoms with Crippen molar-refractivity contribution in [2.45, 2.75) is 26.3 Å². The molecule has 1 aromatic rings. The number of methoxy groups -OCH3 is 2. The number of alkyl halides is 3. The molecule has 0 aromatic heterocycles. The van der Waals surface area contributed by atoms with Gasteiger partial charge in [0.1, 0.15) is 14.7 Å².